The lowest BCUT2D eigenvalue weighted by molar-refractivity contribution is 0.1000. The Kier molecular flexibility index (Phi) is 2.86. The molecule has 0 saturated heterocycles. The monoisotopic (exact) mass is 361 g/mol. The van der Waals surface area contributed by atoms with E-state index in [2.05, 4.69) is 17.9 Å². The van der Waals surface area contributed by atoms with Gasteiger partial charge in [0.25, 0.3) is 0 Å². The van der Waals surface area contributed by atoms with E-state index >= 15 is 0 Å². The highest BCUT2D eigenvalue weighted by Gasteiger charge is 2.49. The summed E-state index contributed by atoms with van der Waals surface area (Å²) in [6.07, 6.45) is 2.98. The van der Waals surface area contributed by atoms with Crippen molar-refractivity contribution >= 4 is 30.2 Å². The maximum absolute atomic E-state index is 12.7. The van der Waals surface area contributed by atoms with Gasteiger partial charge in [-0.2, -0.15) is 4.57 Å². The standard InChI is InChI=1S/C16H16N3O5P/c1-2-18-5-3-9(4-6-18)13-14-11-7-10(15(17)20)8-12(14)22-25(21)23-16(13)19(11)24-25/h3,7-8H,2,4-6H2,1H3,(H2,17,20). The molecule has 0 spiro atoms. The van der Waals surface area contributed by atoms with Crippen LogP contribution in [0.3, 0.4) is 0 Å². The fourth-order valence-corrected chi connectivity index (χ4v) is 4.84. The SMILES string of the molecule is CCN1CC=C(c2c3n4c5cc(C(N)=O)cc(c25)OP(=O)(O3)O4)CC1. The zero-order valence-corrected chi connectivity index (χ0v) is 14.4. The number of aromatic nitrogens is 1. The van der Waals surface area contributed by atoms with Crippen molar-refractivity contribution in [3.8, 4) is 11.6 Å². The summed E-state index contributed by atoms with van der Waals surface area (Å²) in [4.78, 5) is 13.9. The van der Waals surface area contributed by atoms with Crippen LogP contribution in [0.4, 0.5) is 0 Å². The molecule has 6 rings (SSSR count). The number of amides is 1. The fraction of sp³-hybridized carbons (Fsp3) is 0.312. The highest BCUT2D eigenvalue weighted by molar-refractivity contribution is 7.49. The predicted octanol–water partition coefficient (Wildman–Crippen LogP) is 2.17. The van der Waals surface area contributed by atoms with Crippen LogP contribution in [0.25, 0.3) is 16.5 Å². The molecule has 1 aromatic heterocycles. The largest absolute Gasteiger partial charge is 0.668 e. The van der Waals surface area contributed by atoms with Gasteiger partial charge in [-0.3, -0.25) is 14.3 Å². The van der Waals surface area contributed by atoms with Gasteiger partial charge in [-0.05, 0) is 30.7 Å². The lowest BCUT2D eigenvalue weighted by Crippen LogP contribution is -2.28. The summed E-state index contributed by atoms with van der Waals surface area (Å²) in [6, 6.07) is 3.11. The first-order valence-electron chi connectivity index (χ1n) is 8.12. The summed E-state index contributed by atoms with van der Waals surface area (Å²) in [5.41, 5.74) is 8.17. The smallest absolute Gasteiger partial charge is 0.384 e. The van der Waals surface area contributed by atoms with Crippen LogP contribution in [0.1, 0.15) is 29.3 Å². The molecule has 2 aromatic rings. The van der Waals surface area contributed by atoms with Crippen molar-refractivity contribution in [2.24, 2.45) is 5.73 Å². The number of nitrogens with zero attached hydrogens (tertiary/aromatic N) is 2. The number of carbonyl (C=O) groups excluding carboxylic acids is 1. The Balaban J connectivity index is 1.78. The first-order chi connectivity index (χ1) is 12.0. The number of phosphoric ester groups is 1. The number of rotatable bonds is 3. The zero-order valence-electron chi connectivity index (χ0n) is 13.5. The molecule has 4 aliphatic heterocycles. The molecule has 25 heavy (non-hydrogen) atoms. The Labute approximate surface area is 143 Å². The van der Waals surface area contributed by atoms with Gasteiger partial charge >= 0.3 is 7.82 Å². The highest BCUT2D eigenvalue weighted by Crippen LogP contribution is 2.62. The molecule has 0 saturated carbocycles. The third-order valence-electron chi connectivity index (χ3n) is 4.88. The van der Waals surface area contributed by atoms with Crippen molar-refractivity contribution in [2.45, 2.75) is 13.3 Å². The minimum Gasteiger partial charge on any atom is -0.384 e. The van der Waals surface area contributed by atoms with E-state index < -0.39 is 13.7 Å². The minimum absolute atomic E-state index is 0.271. The molecule has 0 aliphatic carbocycles. The molecule has 9 heteroatoms. The molecular formula is C16H16N3O5P. The van der Waals surface area contributed by atoms with Crippen molar-refractivity contribution in [1.82, 2.24) is 9.63 Å². The third kappa shape index (κ3) is 1.98. The number of nitrogens with two attached hydrogens (primary N) is 1. The Morgan fingerprint density at radius 3 is 2.88 bits per heavy atom. The molecule has 0 radical (unpaired) electrons. The van der Waals surface area contributed by atoms with E-state index in [1.54, 1.807) is 6.07 Å². The first-order valence-corrected chi connectivity index (χ1v) is 9.58. The summed E-state index contributed by atoms with van der Waals surface area (Å²) in [5, 5.41) is 0.742. The number of hydrogen-bond acceptors (Lipinski definition) is 6. The maximum atomic E-state index is 12.7. The van der Waals surface area contributed by atoms with E-state index in [0.29, 0.717) is 17.1 Å². The van der Waals surface area contributed by atoms with Gasteiger partial charge in [0.1, 0.15) is 5.75 Å². The van der Waals surface area contributed by atoms with Crippen LogP contribution in [0, 0.1) is 0 Å². The molecule has 130 valence electrons. The summed E-state index contributed by atoms with van der Waals surface area (Å²) >= 11 is 0. The molecule has 2 N–H and O–H groups in total. The summed E-state index contributed by atoms with van der Waals surface area (Å²) in [5.74, 6) is 0.0876. The van der Waals surface area contributed by atoms with Crippen molar-refractivity contribution in [1.29, 1.82) is 0 Å². The lowest BCUT2D eigenvalue weighted by Gasteiger charge is -2.24. The second kappa shape index (κ2) is 4.80. The van der Waals surface area contributed by atoms with Gasteiger partial charge in [-0.15, -0.1) is 4.73 Å². The van der Waals surface area contributed by atoms with E-state index in [0.717, 1.165) is 42.6 Å². The van der Waals surface area contributed by atoms with Crippen molar-refractivity contribution in [3.63, 3.8) is 0 Å². The lowest BCUT2D eigenvalue weighted by atomic mass is 9.97. The van der Waals surface area contributed by atoms with Gasteiger partial charge < -0.3 is 14.8 Å². The van der Waals surface area contributed by atoms with Gasteiger partial charge in [-0.1, -0.05) is 13.0 Å². The molecule has 5 heterocycles. The average molecular weight is 361 g/mol. The third-order valence-corrected chi connectivity index (χ3v) is 6.06. The van der Waals surface area contributed by atoms with Crippen LogP contribution >= 0.6 is 7.82 Å². The molecule has 1 unspecified atom stereocenters. The van der Waals surface area contributed by atoms with Crippen molar-refractivity contribution in [3.05, 3.63) is 29.3 Å². The summed E-state index contributed by atoms with van der Waals surface area (Å²) < 4.78 is 30.5. The number of likely N-dealkylation sites (N-methyl/N-ethyl adjacent to an activating group) is 1. The van der Waals surface area contributed by atoms with Gasteiger partial charge in [0.2, 0.25) is 11.8 Å². The molecular weight excluding hydrogens is 345 g/mol. The van der Waals surface area contributed by atoms with Crippen LogP contribution in [0.15, 0.2) is 18.2 Å². The number of carbonyl (C=O) groups is 1. The van der Waals surface area contributed by atoms with E-state index in [-0.39, 0.29) is 5.56 Å². The second-order valence-electron chi connectivity index (χ2n) is 6.29. The fourth-order valence-electron chi connectivity index (χ4n) is 3.61. The van der Waals surface area contributed by atoms with Gasteiger partial charge in [-0.25, -0.2) is 0 Å². The number of hydrogen-bond donors (Lipinski definition) is 1. The quantitative estimate of drug-likeness (QED) is 0.842. The van der Waals surface area contributed by atoms with E-state index in [1.165, 1.54) is 10.8 Å². The summed E-state index contributed by atoms with van der Waals surface area (Å²) in [6.45, 7) is 4.89. The molecule has 1 aromatic carbocycles. The molecule has 1 atom stereocenters. The van der Waals surface area contributed by atoms with Gasteiger partial charge in [0.15, 0.2) is 0 Å². The van der Waals surface area contributed by atoms with Crippen molar-refractivity contribution in [2.75, 3.05) is 19.6 Å². The van der Waals surface area contributed by atoms with Crippen molar-refractivity contribution < 1.29 is 23.0 Å². The number of primary amides is 1. The molecule has 6 bridgehead atoms. The normalized spacial score (nSPS) is 24.0. The van der Waals surface area contributed by atoms with Crippen LogP contribution in [0.2, 0.25) is 0 Å². The van der Waals surface area contributed by atoms with Gasteiger partial charge in [0.05, 0.1) is 16.5 Å². The molecule has 4 aliphatic rings. The maximum Gasteiger partial charge on any atom is 0.668 e. The van der Waals surface area contributed by atoms with E-state index in [4.69, 9.17) is 19.4 Å². The number of benzene rings is 1. The molecule has 8 nitrogen and oxygen atoms in total. The molecule has 1 amide bonds. The summed E-state index contributed by atoms with van der Waals surface area (Å²) in [7, 11) is -3.78. The van der Waals surface area contributed by atoms with Crippen LogP contribution in [0.5, 0.6) is 11.6 Å². The predicted molar refractivity (Wildman–Crippen MR) is 90.6 cm³/mol. The first kappa shape index (κ1) is 14.9. The Hall–Kier alpha value is -2.44. The molecule has 0 fully saturated rings. The van der Waals surface area contributed by atoms with Crippen LogP contribution < -0.4 is 19.4 Å². The van der Waals surface area contributed by atoms with Crippen LogP contribution in [-0.4, -0.2) is 35.2 Å². The van der Waals surface area contributed by atoms with E-state index in [1.807, 2.05) is 0 Å². The number of phosphoric acid groups is 1. The van der Waals surface area contributed by atoms with E-state index in [9.17, 15) is 9.36 Å². The average Bonchev–Trinajstić information content (AvgIpc) is 3.00. The van der Waals surface area contributed by atoms with Gasteiger partial charge in [0, 0.05) is 18.7 Å². The Morgan fingerprint density at radius 1 is 1.36 bits per heavy atom. The van der Waals surface area contributed by atoms with Crippen LogP contribution in [-0.2, 0) is 4.57 Å². The Morgan fingerprint density at radius 2 is 2.20 bits per heavy atom. The minimum atomic E-state index is -3.78. The highest BCUT2D eigenvalue weighted by atomic mass is 31.2. The zero-order chi connectivity index (χ0) is 17.3. The Bertz CT molecular complexity index is 1020. The topological polar surface area (TPSA) is 96.0 Å². The second-order valence-corrected chi connectivity index (χ2v) is 7.71.